The van der Waals surface area contributed by atoms with E-state index in [1.165, 1.54) is 16.8 Å². The second-order valence-corrected chi connectivity index (χ2v) is 5.53. The molecule has 1 aliphatic heterocycles. The molecule has 3 heteroatoms. The second kappa shape index (κ2) is 4.74. The molecule has 98 valence electrons. The SMILES string of the molecule is Cc1ccc(-c2ncc3c(n2)CN(C(C)C)C3)cc1. The Morgan fingerprint density at radius 2 is 1.84 bits per heavy atom. The molecule has 1 aromatic carbocycles. The van der Waals surface area contributed by atoms with Gasteiger partial charge in [-0.05, 0) is 20.8 Å². The smallest absolute Gasteiger partial charge is 0.159 e. The third kappa shape index (κ3) is 2.38. The molecule has 0 saturated heterocycles. The Morgan fingerprint density at radius 1 is 1.11 bits per heavy atom. The molecule has 0 bridgehead atoms. The molecule has 2 heterocycles. The molecule has 0 fully saturated rings. The first-order valence-corrected chi connectivity index (χ1v) is 6.79. The summed E-state index contributed by atoms with van der Waals surface area (Å²) in [5.41, 5.74) is 4.80. The lowest BCUT2D eigenvalue weighted by atomic mass is 10.1. The molecule has 0 amide bonds. The van der Waals surface area contributed by atoms with Crippen molar-refractivity contribution < 1.29 is 0 Å². The molecule has 0 saturated carbocycles. The summed E-state index contributed by atoms with van der Waals surface area (Å²) in [6.07, 6.45) is 1.99. The van der Waals surface area contributed by atoms with Crippen LogP contribution in [0.5, 0.6) is 0 Å². The van der Waals surface area contributed by atoms with Gasteiger partial charge in [-0.1, -0.05) is 29.8 Å². The molecule has 2 aromatic rings. The van der Waals surface area contributed by atoms with Gasteiger partial charge in [0.15, 0.2) is 5.82 Å². The van der Waals surface area contributed by atoms with E-state index >= 15 is 0 Å². The van der Waals surface area contributed by atoms with Gasteiger partial charge in [0.05, 0.1) is 5.69 Å². The molecule has 0 N–H and O–H groups in total. The van der Waals surface area contributed by atoms with Gasteiger partial charge < -0.3 is 0 Å². The van der Waals surface area contributed by atoms with Crippen LogP contribution in [0.15, 0.2) is 30.5 Å². The van der Waals surface area contributed by atoms with Crippen LogP contribution in [0.2, 0.25) is 0 Å². The van der Waals surface area contributed by atoms with E-state index in [9.17, 15) is 0 Å². The Kier molecular flexibility index (Phi) is 3.07. The maximum absolute atomic E-state index is 4.73. The molecule has 19 heavy (non-hydrogen) atoms. The fourth-order valence-electron chi connectivity index (χ4n) is 2.38. The van der Waals surface area contributed by atoms with E-state index in [1.807, 2.05) is 6.20 Å². The van der Waals surface area contributed by atoms with Crippen molar-refractivity contribution in [1.82, 2.24) is 14.9 Å². The average molecular weight is 253 g/mol. The number of rotatable bonds is 2. The molecule has 1 aromatic heterocycles. The highest BCUT2D eigenvalue weighted by molar-refractivity contribution is 5.55. The number of aromatic nitrogens is 2. The Balaban J connectivity index is 1.91. The molecule has 0 atom stereocenters. The Morgan fingerprint density at radius 3 is 2.53 bits per heavy atom. The quantitative estimate of drug-likeness (QED) is 0.823. The maximum Gasteiger partial charge on any atom is 0.159 e. The average Bonchev–Trinajstić information content (AvgIpc) is 2.82. The number of aryl methyl sites for hydroxylation is 1. The summed E-state index contributed by atoms with van der Waals surface area (Å²) in [6.45, 7) is 8.45. The number of nitrogens with zero attached hydrogens (tertiary/aromatic N) is 3. The van der Waals surface area contributed by atoms with Gasteiger partial charge in [-0.15, -0.1) is 0 Å². The first kappa shape index (κ1) is 12.3. The van der Waals surface area contributed by atoms with Gasteiger partial charge in [0, 0.05) is 36.5 Å². The fourth-order valence-corrected chi connectivity index (χ4v) is 2.38. The van der Waals surface area contributed by atoms with E-state index < -0.39 is 0 Å². The van der Waals surface area contributed by atoms with Crippen LogP contribution in [0.25, 0.3) is 11.4 Å². The minimum atomic E-state index is 0.553. The lowest BCUT2D eigenvalue weighted by molar-refractivity contribution is 0.226. The largest absolute Gasteiger partial charge is 0.291 e. The minimum absolute atomic E-state index is 0.553. The molecule has 1 aliphatic rings. The van der Waals surface area contributed by atoms with Crippen LogP contribution in [0, 0.1) is 6.92 Å². The number of benzene rings is 1. The van der Waals surface area contributed by atoms with Gasteiger partial charge in [0.25, 0.3) is 0 Å². The van der Waals surface area contributed by atoms with Crippen molar-refractivity contribution in [3.8, 4) is 11.4 Å². The standard InChI is InChI=1S/C16H19N3/c1-11(2)19-9-14-8-17-16(18-15(14)10-19)13-6-4-12(3)5-7-13/h4-8,11H,9-10H2,1-3H3. The zero-order chi connectivity index (χ0) is 13.4. The molecule has 0 spiro atoms. The second-order valence-electron chi connectivity index (χ2n) is 5.53. The summed E-state index contributed by atoms with van der Waals surface area (Å²) in [5, 5.41) is 0. The highest BCUT2D eigenvalue weighted by atomic mass is 15.2. The van der Waals surface area contributed by atoms with Crippen molar-refractivity contribution in [2.24, 2.45) is 0 Å². The van der Waals surface area contributed by atoms with Crippen LogP contribution < -0.4 is 0 Å². The molecular weight excluding hydrogens is 234 g/mol. The Hall–Kier alpha value is -1.74. The molecular formula is C16H19N3. The molecule has 3 rings (SSSR count). The normalized spacial score (nSPS) is 14.9. The lowest BCUT2D eigenvalue weighted by Gasteiger charge is -2.18. The van der Waals surface area contributed by atoms with E-state index in [4.69, 9.17) is 4.98 Å². The van der Waals surface area contributed by atoms with Crippen molar-refractivity contribution in [3.63, 3.8) is 0 Å². The van der Waals surface area contributed by atoms with E-state index in [2.05, 4.69) is 54.9 Å². The predicted molar refractivity (Wildman–Crippen MR) is 76.6 cm³/mol. The van der Waals surface area contributed by atoms with Crippen LogP contribution in [0.1, 0.15) is 30.7 Å². The molecule has 0 aliphatic carbocycles. The third-order valence-corrected chi connectivity index (χ3v) is 3.72. The van der Waals surface area contributed by atoms with Gasteiger partial charge >= 0.3 is 0 Å². The number of fused-ring (bicyclic) bond motifs is 1. The summed E-state index contributed by atoms with van der Waals surface area (Å²) >= 11 is 0. The van der Waals surface area contributed by atoms with E-state index in [-0.39, 0.29) is 0 Å². The summed E-state index contributed by atoms with van der Waals surface area (Å²) in [7, 11) is 0. The van der Waals surface area contributed by atoms with E-state index in [1.54, 1.807) is 0 Å². The van der Waals surface area contributed by atoms with Crippen molar-refractivity contribution in [3.05, 3.63) is 47.3 Å². The predicted octanol–water partition coefficient (Wildman–Crippen LogP) is 3.18. The molecule has 0 radical (unpaired) electrons. The third-order valence-electron chi connectivity index (χ3n) is 3.72. The summed E-state index contributed by atoms with van der Waals surface area (Å²) in [6, 6.07) is 8.94. The lowest BCUT2D eigenvalue weighted by Crippen LogP contribution is -2.24. The van der Waals surface area contributed by atoms with Crippen LogP contribution in [-0.4, -0.2) is 20.9 Å². The minimum Gasteiger partial charge on any atom is -0.291 e. The monoisotopic (exact) mass is 253 g/mol. The van der Waals surface area contributed by atoms with Gasteiger partial charge in [0.2, 0.25) is 0 Å². The highest BCUT2D eigenvalue weighted by Gasteiger charge is 2.23. The van der Waals surface area contributed by atoms with Crippen molar-refractivity contribution in [2.45, 2.75) is 39.9 Å². The van der Waals surface area contributed by atoms with E-state index in [0.29, 0.717) is 6.04 Å². The van der Waals surface area contributed by atoms with Crippen LogP contribution in [-0.2, 0) is 13.1 Å². The van der Waals surface area contributed by atoms with Gasteiger partial charge in [-0.25, -0.2) is 9.97 Å². The van der Waals surface area contributed by atoms with Crippen molar-refractivity contribution in [1.29, 1.82) is 0 Å². The Bertz CT molecular complexity index is 587. The molecule has 3 nitrogen and oxygen atoms in total. The number of hydrogen-bond donors (Lipinski definition) is 0. The number of hydrogen-bond acceptors (Lipinski definition) is 3. The fraction of sp³-hybridized carbons (Fsp3) is 0.375. The summed E-state index contributed by atoms with van der Waals surface area (Å²) in [4.78, 5) is 11.7. The summed E-state index contributed by atoms with van der Waals surface area (Å²) in [5.74, 6) is 0.837. The Labute approximate surface area is 114 Å². The van der Waals surface area contributed by atoms with E-state index in [0.717, 1.165) is 24.5 Å². The first-order valence-electron chi connectivity index (χ1n) is 6.79. The van der Waals surface area contributed by atoms with Crippen LogP contribution in [0.4, 0.5) is 0 Å². The van der Waals surface area contributed by atoms with Gasteiger partial charge in [-0.2, -0.15) is 0 Å². The maximum atomic E-state index is 4.73. The van der Waals surface area contributed by atoms with Crippen molar-refractivity contribution >= 4 is 0 Å². The summed E-state index contributed by atoms with van der Waals surface area (Å²) < 4.78 is 0. The van der Waals surface area contributed by atoms with Crippen LogP contribution >= 0.6 is 0 Å². The highest BCUT2D eigenvalue weighted by Crippen LogP contribution is 2.24. The van der Waals surface area contributed by atoms with Gasteiger partial charge in [0.1, 0.15) is 0 Å². The van der Waals surface area contributed by atoms with Gasteiger partial charge in [-0.3, -0.25) is 4.90 Å². The first-order chi connectivity index (χ1) is 9.13. The molecule has 0 unspecified atom stereocenters. The van der Waals surface area contributed by atoms with Crippen molar-refractivity contribution in [2.75, 3.05) is 0 Å². The topological polar surface area (TPSA) is 29.0 Å². The van der Waals surface area contributed by atoms with Crippen LogP contribution in [0.3, 0.4) is 0 Å². The zero-order valence-corrected chi connectivity index (χ0v) is 11.7. The zero-order valence-electron chi connectivity index (χ0n) is 11.7.